The Morgan fingerprint density at radius 3 is 2.67 bits per heavy atom. The van der Waals surface area contributed by atoms with Gasteiger partial charge >= 0.3 is 0 Å². The number of carbonyl (C=O) groups is 1. The van der Waals surface area contributed by atoms with E-state index in [0.717, 1.165) is 17.7 Å². The van der Waals surface area contributed by atoms with Gasteiger partial charge in [-0.1, -0.05) is 12.1 Å². The second-order valence-corrected chi connectivity index (χ2v) is 5.39. The van der Waals surface area contributed by atoms with Crippen LogP contribution >= 0.6 is 0 Å². The first-order chi connectivity index (χ1) is 8.40. The number of nitrogens with one attached hydrogen (secondary N) is 2. The Morgan fingerprint density at radius 1 is 1.33 bits per heavy atom. The zero-order valence-electron chi connectivity index (χ0n) is 11.4. The molecule has 0 aliphatic heterocycles. The third kappa shape index (κ3) is 5.80. The quantitative estimate of drug-likeness (QED) is 0.741. The minimum Gasteiger partial charge on any atom is -0.330 e. The minimum absolute atomic E-state index is 0.0326. The van der Waals surface area contributed by atoms with Gasteiger partial charge in [0.05, 0.1) is 6.54 Å². The summed E-state index contributed by atoms with van der Waals surface area (Å²) < 4.78 is 0. The van der Waals surface area contributed by atoms with Gasteiger partial charge in [0, 0.05) is 11.2 Å². The summed E-state index contributed by atoms with van der Waals surface area (Å²) in [6.45, 7) is 7.01. The van der Waals surface area contributed by atoms with Crippen LogP contribution in [0.15, 0.2) is 24.3 Å². The molecule has 1 aromatic carbocycles. The van der Waals surface area contributed by atoms with E-state index in [4.69, 9.17) is 5.73 Å². The van der Waals surface area contributed by atoms with Crippen molar-refractivity contribution in [3.63, 3.8) is 0 Å². The molecule has 18 heavy (non-hydrogen) atoms. The Hall–Kier alpha value is -1.39. The normalized spacial score (nSPS) is 11.3. The highest BCUT2D eigenvalue weighted by atomic mass is 16.1. The zero-order valence-corrected chi connectivity index (χ0v) is 11.4. The molecular formula is C14H23N3O. The molecule has 0 fully saturated rings. The third-order valence-electron chi connectivity index (χ3n) is 2.42. The Bertz CT molecular complexity index is 396. The van der Waals surface area contributed by atoms with E-state index in [-0.39, 0.29) is 11.4 Å². The van der Waals surface area contributed by atoms with Crippen molar-refractivity contribution < 1.29 is 4.79 Å². The van der Waals surface area contributed by atoms with Gasteiger partial charge in [0.2, 0.25) is 5.91 Å². The van der Waals surface area contributed by atoms with Gasteiger partial charge in [-0.2, -0.15) is 0 Å². The Labute approximate surface area is 109 Å². The molecule has 100 valence electrons. The Balaban J connectivity index is 2.51. The highest BCUT2D eigenvalue weighted by Crippen LogP contribution is 2.10. The summed E-state index contributed by atoms with van der Waals surface area (Å²) in [5.41, 5.74) is 7.41. The lowest BCUT2D eigenvalue weighted by molar-refractivity contribution is -0.115. The van der Waals surface area contributed by atoms with Crippen molar-refractivity contribution in [2.24, 2.45) is 5.73 Å². The van der Waals surface area contributed by atoms with Gasteiger partial charge in [-0.25, -0.2) is 0 Å². The van der Waals surface area contributed by atoms with E-state index < -0.39 is 0 Å². The van der Waals surface area contributed by atoms with Crippen LogP contribution in [-0.4, -0.2) is 24.5 Å². The first-order valence-electron chi connectivity index (χ1n) is 6.24. The highest BCUT2D eigenvalue weighted by Gasteiger charge is 2.11. The Morgan fingerprint density at radius 2 is 2.06 bits per heavy atom. The van der Waals surface area contributed by atoms with Crippen LogP contribution in [0.2, 0.25) is 0 Å². The van der Waals surface area contributed by atoms with Crippen molar-refractivity contribution in [3.8, 4) is 0 Å². The average Bonchev–Trinajstić information content (AvgIpc) is 2.26. The lowest BCUT2D eigenvalue weighted by atomic mass is 10.1. The maximum absolute atomic E-state index is 11.7. The molecule has 0 radical (unpaired) electrons. The molecule has 0 unspecified atom stereocenters. The molecule has 1 aromatic rings. The van der Waals surface area contributed by atoms with E-state index in [1.54, 1.807) is 0 Å². The summed E-state index contributed by atoms with van der Waals surface area (Å²) in [7, 11) is 0. The third-order valence-corrected chi connectivity index (χ3v) is 2.42. The topological polar surface area (TPSA) is 67.2 Å². The first kappa shape index (κ1) is 14.7. The number of carbonyl (C=O) groups excluding carboxylic acids is 1. The van der Waals surface area contributed by atoms with E-state index in [1.165, 1.54) is 0 Å². The van der Waals surface area contributed by atoms with E-state index in [9.17, 15) is 4.79 Å². The molecular weight excluding hydrogens is 226 g/mol. The van der Waals surface area contributed by atoms with Gasteiger partial charge in [0.15, 0.2) is 0 Å². The highest BCUT2D eigenvalue weighted by molar-refractivity contribution is 5.92. The van der Waals surface area contributed by atoms with Crippen LogP contribution in [-0.2, 0) is 11.2 Å². The molecule has 0 aliphatic rings. The van der Waals surface area contributed by atoms with Crippen molar-refractivity contribution in [3.05, 3.63) is 29.8 Å². The van der Waals surface area contributed by atoms with E-state index in [0.29, 0.717) is 13.1 Å². The fourth-order valence-corrected chi connectivity index (χ4v) is 1.52. The molecule has 0 heterocycles. The molecule has 4 N–H and O–H groups in total. The van der Waals surface area contributed by atoms with Crippen molar-refractivity contribution in [2.45, 2.75) is 32.7 Å². The van der Waals surface area contributed by atoms with Crippen molar-refractivity contribution in [1.29, 1.82) is 0 Å². The fraction of sp³-hybridized carbons (Fsp3) is 0.500. The summed E-state index contributed by atoms with van der Waals surface area (Å²) in [6, 6.07) is 7.78. The molecule has 1 amide bonds. The molecule has 0 aromatic heterocycles. The van der Waals surface area contributed by atoms with Gasteiger partial charge in [-0.3, -0.25) is 4.79 Å². The maximum Gasteiger partial charge on any atom is 0.238 e. The summed E-state index contributed by atoms with van der Waals surface area (Å²) >= 11 is 0. The first-order valence-corrected chi connectivity index (χ1v) is 6.24. The number of rotatable bonds is 5. The molecule has 0 saturated carbocycles. The van der Waals surface area contributed by atoms with Crippen molar-refractivity contribution in [1.82, 2.24) is 5.32 Å². The lowest BCUT2D eigenvalue weighted by Gasteiger charge is -2.20. The molecule has 0 aliphatic carbocycles. The second kappa shape index (κ2) is 6.52. The van der Waals surface area contributed by atoms with Crippen LogP contribution in [0.3, 0.4) is 0 Å². The van der Waals surface area contributed by atoms with Crippen LogP contribution in [0.1, 0.15) is 26.3 Å². The van der Waals surface area contributed by atoms with E-state index in [2.05, 4.69) is 10.6 Å². The predicted molar refractivity (Wildman–Crippen MR) is 75.6 cm³/mol. The van der Waals surface area contributed by atoms with Gasteiger partial charge < -0.3 is 16.4 Å². The van der Waals surface area contributed by atoms with Crippen LogP contribution < -0.4 is 16.4 Å². The molecule has 0 atom stereocenters. The SMILES string of the molecule is CC(C)(C)NCC(=O)Nc1cccc(CCN)c1. The molecule has 0 saturated heterocycles. The average molecular weight is 249 g/mol. The number of benzene rings is 1. The van der Waals surface area contributed by atoms with Crippen LogP contribution in [0, 0.1) is 0 Å². The number of anilines is 1. The van der Waals surface area contributed by atoms with Gasteiger partial charge in [-0.15, -0.1) is 0 Å². The van der Waals surface area contributed by atoms with Crippen molar-refractivity contribution >= 4 is 11.6 Å². The molecule has 1 rings (SSSR count). The number of hydrogen-bond acceptors (Lipinski definition) is 3. The number of hydrogen-bond donors (Lipinski definition) is 3. The number of amides is 1. The second-order valence-electron chi connectivity index (χ2n) is 5.39. The summed E-state index contributed by atoms with van der Waals surface area (Å²) in [5.74, 6) is -0.0326. The summed E-state index contributed by atoms with van der Waals surface area (Å²) in [5, 5.41) is 6.02. The van der Waals surface area contributed by atoms with Crippen LogP contribution in [0.25, 0.3) is 0 Å². The van der Waals surface area contributed by atoms with E-state index >= 15 is 0 Å². The molecule has 0 bridgehead atoms. The smallest absolute Gasteiger partial charge is 0.238 e. The monoisotopic (exact) mass is 249 g/mol. The minimum atomic E-state index is -0.0568. The summed E-state index contributed by atoms with van der Waals surface area (Å²) in [6.07, 6.45) is 0.823. The standard InChI is InChI=1S/C14H23N3O/c1-14(2,3)16-10-13(18)17-12-6-4-5-11(9-12)7-8-15/h4-6,9,16H,7-8,10,15H2,1-3H3,(H,17,18). The Kier molecular flexibility index (Phi) is 5.31. The maximum atomic E-state index is 11.7. The van der Waals surface area contributed by atoms with Crippen LogP contribution in [0.4, 0.5) is 5.69 Å². The van der Waals surface area contributed by atoms with Gasteiger partial charge in [-0.05, 0) is 51.4 Å². The molecule has 4 heteroatoms. The predicted octanol–water partition coefficient (Wildman–Crippen LogP) is 1.51. The largest absolute Gasteiger partial charge is 0.330 e. The zero-order chi connectivity index (χ0) is 13.6. The van der Waals surface area contributed by atoms with Gasteiger partial charge in [0.1, 0.15) is 0 Å². The van der Waals surface area contributed by atoms with Gasteiger partial charge in [0.25, 0.3) is 0 Å². The summed E-state index contributed by atoms with van der Waals surface area (Å²) in [4.78, 5) is 11.7. The van der Waals surface area contributed by atoms with Crippen molar-refractivity contribution in [2.75, 3.05) is 18.4 Å². The lowest BCUT2D eigenvalue weighted by Crippen LogP contribution is -2.41. The van der Waals surface area contributed by atoms with Crippen LogP contribution in [0.5, 0.6) is 0 Å². The number of nitrogens with two attached hydrogens (primary N) is 1. The fourth-order valence-electron chi connectivity index (χ4n) is 1.52. The molecule has 4 nitrogen and oxygen atoms in total. The molecule has 0 spiro atoms. The van der Waals surface area contributed by atoms with E-state index in [1.807, 2.05) is 45.0 Å².